The number of thiophene rings is 1. The molecule has 1 aromatic rings. The van der Waals surface area contributed by atoms with Crippen molar-refractivity contribution in [1.82, 2.24) is 5.32 Å². The summed E-state index contributed by atoms with van der Waals surface area (Å²) >= 11 is 1.72. The van der Waals surface area contributed by atoms with E-state index in [0.29, 0.717) is 19.8 Å². The fourth-order valence-corrected chi connectivity index (χ4v) is 3.02. The first-order valence-corrected chi connectivity index (χ1v) is 6.92. The van der Waals surface area contributed by atoms with Crippen LogP contribution in [0.5, 0.6) is 0 Å². The topological polar surface area (TPSA) is 64.3 Å². The van der Waals surface area contributed by atoms with Crippen molar-refractivity contribution in [2.24, 2.45) is 11.1 Å². The molecule has 3 N–H and O–H groups in total. The lowest BCUT2D eigenvalue weighted by Gasteiger charge is -2.25. The monoisotopic (exact) mass is 268 g/mol. The smallest absolute Gasteiger partial charge is 0.230 e. The van der Waals surface area contributed by atoms with E-state index >= 15 is 0 Å². The second-order valence-corrected chi connectivity index (χ2v) is 6.51. The van der Waals surface area contributed by atoms with Crippen LogP contribution in [0.2, 0.25) is 0 Å². The summed E-state index contributed by atoms with van der Waals surface area (Å²) in [6, 6.07) is 1.90. The molecule has 100 valence electrons. The number of hydrogen-bond acceptors (Lipinski definition) is 4. The maximum atomic E-state index is 12.2. The van der Waals surface area contributed by atoms with Gasteiger partial charge in [0.15, 0.2) is 0 Å². The van der Waals surface area contributed by atoms with Crippen molar-refractivity contribution in [3.05, 3.63) is 21.4 Å². The fraction of sp³-hybridized carbons (Fsp3) is 0.615. The number of hydrogen-bond donors (Lipinski definition) is 2. The number of rotatable bonds is 3. The second kappa shape index (κ2) is 4.99. The van der Waals surface area contributed by atoms with Crippen LogP contribution in [-0.2, 0) is 16.1 Å². The van der Waals surface area contributed by atoms with Gasteiger partial charge < -0.3 is 15.8 Å². The van der Waals surface area contributed by atoms with Gasteiger partial charge in [-0.1, -0.05) is 0 Å². The molecule has 18 heavy (non-hydrogen) atoms. The average molecular weight is 268 g/mol. The first kappa shape index (κ1) is 13.5. The molecule has 1 aliphatic rings. The Balaban J connectivity index is 1.96. The Morgan fingerprint density at radius 3 is 2.89 bits per heavy atom. The number of carbonyl (C=O) groups is 1. The predicted octanol–water partition coefficient (Wildman–Crippen LogP) is 1.34. The van der Waals surface area contributed by atoms with E-state index in [-0.39, 0.29) is 11.9 Å². The molecule has 0 radical (unpaired) electrons. The Morgan fingerprint density at radius 2 is 2.39 bits per heavy atom. The van der Waals surface area contributed by atoms with Crippen LogP contribution < -0.4 is 11.1 Å². The zero-order chi connectivity index (χ0) is 13.3. The third-order valence-corrected chi connectivity index (χ3v) is 4.83. The Morgan fingerprint density at radius 1 is 1.67 bits per heavy atom. The summed E-state index contributed by atoms with van der Waals surface area (Å²) in [6.45, 7) is 7.47. The van der Waals surface area contributed by atoms with Crippen LogP contribution in [0.4, 0.5) is 0 Å². The minimum absolute atomic E-state index is 0.0174. The molecule has 1 saturated heterocycles. The van der Waals surface area contributed by atoms with E-state index in [1.54, 1.807) is 11.3 Å². The Hall–Kier alpha value is -0.910. The lowest BCUT2D eigenvalue weighted by atomic mass is 9.85. The molecule has 0 bridgehead atoms. The van der Waals surface area contributed by atoms with Crippen molar-refractivity contribution in [1.29, 1.82) is 0 Å². The molecule has 1 aliphatic heterocycles. The first-order valence-electron chi connectivity index (χ1n) is 6.11. The van der Waals surface area contributed by atoms with Crippen LogP contribution in [0.1, 0.15) is 22.2 Å². The Labute approximate surface area is 112 Å². The highest BCUT2D eigenvalue weighted by Gasteiger charge is 2.44. The zero-order valence-electron chi connectivity index (χ0n) is 11.1. The van der Waals surface area contributed by atoms with Crippen molar-refractivity contribution in [3.8, 4) is 0 Å². The van der Waals surface area contributed by atoms with Crippen molar-refractivity contribution < 1.29 is 9.53 Å². The van der Waals surface area contributed by atoms with Gasteiger partial charge in [0.2, 0.25) is 5.91 Å². The molecule has 4 nitrogen and oxygen atoms in total. The Kier molecular flexibility index (Phi) is 3.75. The maximum absolute atomic E-state index is 12.2. The molecular weight excluding hydrogens is 248 g/mol. The van der Waals surface area contributed by atoms with E-state index in [4.69, 9.17) is 10.5 Å². The molecule has 0 saturated carbocycles. The van der Waals surface area contributed by atoms with Crippen LogP contribution in [0, 0.1) is 19.3 Å². The van der Waals surface area contributed by atoms with E-state index in [1.165, 1.54) is 15.3 Å². The van der Waals surface area contributed by atoms with Gasteiger partial charge >= 0.3 is 0 Å². The van der Waals surface area contributed by atoms with E-state index in [0.717, 1.165) is 0 Å². The molecule has 1 fully saturated rings. The van der Waals surface area contributed by atoms with E-state index in [1.807, 2.05) is 6.92 Å². The van der Waals surface area contributed by atoms with Gasteiger partial charge in [-0.15, -0.1) is 11.3 Å². The molecule has 1 aromatic heterocycles. The van der Waals surface area contributed by atoms with Gasteiger partial charge in [-0.05, 0) is 32.4 Å². The second-order valence-electron chi connectivity index (χ2n) is 5.17. The molecule has 2 unspecified atom stereocenters. The summed E-state index contributed by atoms with van der Waals surface area (Å²) in [7, 11) is 0. The standard InChI is InChI=1S/C13H20N2O2S/c1-8-4-10(18-9(8)2)5-15-12(16)13(3)7-17-6-11(13)14/h4,11H,5-7,14H2,1-3H3,(H,15,16). The molecule has 0 spiro atoms. The number of ether oxygens (including phenoxy) is 1. The molecule has 0 aromatic carbocycles. The number of aryl methyl sites for hydroxylation is 2. The predicted molar refractivity (Wildman–Crippen MR) is 72.5 cm³/mol. The molecule has 5 heteroatoms. The van der Waals surface area contributed by atoms with Crippen molar-refractivity contribution in [2.75, 3.05) is 13.2 Å². The highest BCUT2D eigenvalue weighted by Crippen LogP contribution is 2.27. The minimum Gasteiger partial charge on any atom is -0.379 e. The van der Waals surface area contributed by atoms with Gasteiger partial charge in [0.25, 0.3) is 0 Å². The van der Waals surface area contributed by atoms with E-state index in [9.17, 15) is 4.79 Å². The maximum Gasteiger partial charge on any atom is 0.230 e. The van der Waals surface area contributed by atoms with Crippen molar-refractivity contribution in [2.45, 2.75) is 33.4 Å². The van der Waals surface area contributed by atoms with Crippen LogP contribution >= 0.6 is 11.3 Å². The summed E-state index contributed by atoms with van der Waals surface area (Å²) in [4.78, 5) is 14.6. The highest BCUT2D eigenvalue weighted by atomic mass is 32.1. The lowest BCUT2D eigenvalue weighted by molar-refractivity contribution is -0.130. The SMILES string of the molecule is Cc1cc(CNC(=O)C2(C)COCC2N)sc1C. The average Bonchev–Trinajstić information content (AvgIpc) is 2.82. The molecule has 2 atom stereocenters. The fourth-order valence-electron chi connectivity index (χ4n) is 2.03. The largest absolute Gasteiger partial charge is 0.379 e. The quantitative estimate of drug-likeness (QED) is 0.869. The van der Waals surface area contributed by atoms with Gasteiger partial charge in [0.1, 0.15) is 0 Å². The van der Waals surface area contributed by atoms with Gasteiger partial charge in [0.05, 0.1) is 25.2 Å². The number of nitrogens with one attached hydrogen (secondary N) is 1. The van der Waals surface area contributed by atoms with Crippen molar-refractivity contribution >= 4 is 17.2 Å². The Bertz CT molecular complexity index is 438. The van der Waals surface area contributed by atoms with E-state index in [2.05, 4.69) is 25.2 Å². The van der Waals surface area contributed by atoms with Crippen LogP contribution in [0.25, 0.3) is 0 Å². The molecule has 2 rings (SSSR count). The number of amides is 1. The molecule has 0 aliphatic carbocycles. The van der Waals surface area contributed by atoms with Crippen LogP contribution in [-0.4, -0.2) is 25.2 Å². The molecular formula is C13H20N2O2S. The molecule has 2 heterocycles. The van der Waals surface area contributed by atoms with Crippen LogP contribution in [0.3, 0.4) is 0 Å². The first-order chi connectivity index (χ1) is 8.43. The number of nitrogens with two attached hydrogens (primary N) is 1. The van der Waals surface area contributed by atoms with Gasteiger partial charge in [-0.25, -0.2) is 0 Å². The summed E-state index contributed by atoms with van der Waals surface area (Å²) in [5, 5.41) is 2.96. The van der Waals surface area contributed by atoms with Crippen LogP contribution in [0.15, 0.2) is 6.07 Å². The summed E-state index contributed by atoms with van der Waals surface area (Å²) in [5.74, 6) is -0.0174. The third kappa shape index (κ3) is 2.43. The number of carbonyl (C=O) groups excluding carboxylic acids is 1. The summed E-state index contributed by atoms with van der Waals surface area (Å²) in [6.07, 6.45) is 0. The third-order valence-electron chi connectivity index (χ3n) is 3.68. The molecule has 1 amide bonds. The summed E-state index contributed by atoms with van der Waals surface area (Å²) < 4.78 is 5.29. The van der Waals surface area contributed by atoms with Gasteiger partial charge in [-0.3, -0.25) is 4.79 Å². The normalized spacial score (nSPS) is 27.4. The minimum atomic E-state index is -0.596. The van der Waals surface area contributed by atoms with Gasteiger partial charge in [-0.2, -0.15) is 0 Å². The highest BCUT2D eigenvalue weighted by molar-refractivity contribution is 7.12. The van der Waals surface area contributed by atoms with Crippen molar-refractivity contribution in [3.63, 3.8) is 0 Å². The lowest BCUT2D eigenvalue weighted by Crippen LogP contribution is -2.49. The van der Waals surface area contributed by atoms with Gasteiger partial charge in [0, 0.05) is 15.8 Å². The van der Waals surface area contributed by atoms with E-state index < -0.39 is 5.41 Å². The summed E-state index contributed by atoms with van der Waals surface area (Å²) in [5.41, 5.74) is 6.61. The zero-order valence-corrected chi connectivity index (χ0v) is 11.9.